The number of aliphatic hydroxyl groups is 1. The molecule has 1 atom stereocenters. The zero-order chi connectivity index (χ0) is 14.0. The lowest BCUT2D eigenvalue weighted by atomic mass is 9.83. The highest BCUT2D eigenvalue weighted by Crippen LogP contribution is 2.33. The van der Waals surface area contributed by atoms with E-state index in [4.69, 9.17) is 0 Å². The lowest BCUT2D eigenvalue weighted by Gasteiger charge is -2.32. The van der Waals surface area contributed by atoms with Crippen molar-refractivity contribution in [2.75, 3.05) is 0 Å². The first-order chi connectivity index (χ1) is 8.93. The molecule has 0 aliphatic rings. The Morgan fingerprint density at radius 2 is 2.11 bits per heavy atom. The van der Waals surface area contributed by atoms with Crippen molar-refractivity contribution in [2.45, 2.75) is 26.0 Å². The largest absolute Gasteiger partial charge is 0.383 e. The molecule has 0 saturated heterocycles. The summed E-state index contributed by atoms with van der Waals surface area (Å²) in [6.07, 6.45) is 2.77. The molecule has 0 aliphatic heterocycles. The van der Waals surface area contributed by atoms with Crippen molar-refractivity contribution in [2.24, 2.45) is 5.92 Å². The molecule has 19 heavy (non-hydrogen) atoms. The van der Waals surface area contributed by atoms with Gasteiger partial charge in [0.25, 0.3) is 0 Å². The molecule has 1 N–H and O–H groups in total. The summed E-state index contributed by atoms with van der Waals surface area (Å²) < 4.78 is 28.3. The van der Waals surface area contributed by atoms with Crippen LogP contribution in [0.25, 0.3) is 0 Å². The minimum Gasteiger partial charge on any atom is -0.383 e. The maximum absolute atomic E-state index is 13.9. The van der Waals surface area contributed by atoms with Crippen LogP contribution in [0.2, 0.25) is 0 Å². The Kier molecular flexibility index (Phi) is 3.61. The first-order valence-electron chi connectivity index (χ1n) is 5.94. The van der Waals surface area contributed by atoms with E-state index in [1.807, 2.05) is 0 Å². The minimum atomic E-state index is -1.48. The first-order valence-corrected chi connectivity index (χ1v) is 5.94. The van der Waals surface area contributed by atoms with Gasteiger partial charge in [-0.15, -0.1) is 0 Å². The SMILES string of the molecule is CC(C)[C@](O)(Cn1cncn1)c1ccc(F)cc1F. The fourth-order valence-corrected chi connectivity index (χ4v) is 1.98. The Morgan fingerprint density at radius 1 is 1.37 bits per heavy atom. The number of halogens is 2. The Morgan fingerprint density at radius 3 is 2.63 bits per heavy atom. The van der Waals surface area contributed by atoms with Gasteiger partial charge in [0.15, 0.2) is 0 Å². The highest BCUT2D eigenvalue weighted by atomic mass is 19.1. The summed E-state index contributed by atoms with van der Waals surface area (Å²) in [6, 6.07) is 3.17. The van der Waals surface area contributed by atoms with Crippen molar-refractivity contribution < 1.29 is 13.9 Å². The van der Waals surface area contributed by atoms with Gasteiger partial charge in [-0.2, -0.15) is 5.10 Å². The highest BCUT2D eigenvalue weighted by molar-refractivity contribution is 5.25. The number of rotatable bonds is 4. The van der Waals surface area contributed by atoms with E-state index in [0.717, 1.165) is 12.1 Å². The van der Waals surface area contributed by atoms with Gasteiger partial charge in [0.1, 0.15) is 29.9 Å². The van der Waals surface area contributed by atoms with Crippen molar-refractivity contribution in [1.82, 2.24) is 14.8 Å². The molecule has 0 amide bonds. The molecule has 0 saturated carbocycles. The topological polar surface area (TPSA) is 50.9 Å². The van der Waals surface area contributed by atoms with Crippen LogP contribution in [-0.4, -0.2) is 19.9 Å². The fourth-order valence-electron chi connectivity index (χ4n) is 1.98. The average Bonchev–Trinajstić information content (AvgIpc) is 2.81. The molecule has 0 unspecified atom stereocenters. The van der Waals surface area contributed by atoms with E-state index in [1.54, 1.807) is 13.8 Å². The van der Waals surface area contributed by atoms with Gasteiger partial charge < -0.3 is 5.11 Å². The summed E-state index contributed by atoms with van der Waals surface area (Å²) in [6.45, 7) is 3.58. The zero-order valence-electron chi connectivity index (χ0n) is 10.7. The Hall–Kier alpha value is -1.82. The summed E-state index contributed by atoms with van der Waals surface area (Å²) in [4.78, 5) is 3.78. The molecule has 0 radical (unpaired) electrons. The number of hydrogen-bond donors (Lipinski definition) is 1. The van der Waals surface area contributed by atoms with Crippen LogP contribution in [0.4, 0.5) is 8.78 Å². The highest BCUT2D eigenvalue weighted by Gasteiger charge is 2.36. The first kappa shape index (κ1) is 13.6. The van der Waals surface area contributed by atoms with Crippen LogP contribution in [0.5, 0.6) is 0 Å². The van der Waals surface area contributed by atoms with Gasteiger partial charge in [-0.05, 0) is 12.0 Å². The molecule has 6 heteroatoms. The van der Waals surface area contributed by atoms with E-state index in [-0.39, 0.29) is 18.0 Å². The Bertz CT molecular complexity index is 557. The Balaban J connectivity index is 2.43. The molecule has 1 heterocycles. The average molecular weight is 267 g/mol. The van der Waals surface area contributed by atoms with Crippen LogP contribution in [0, 0.1) is 17.6 Å². The molecule has 0 aliphatic carbocycles. The van der Waals surface area contributed by atoms with Crippen LogP contribution in [0.1, 0.15) is 19.4 Å². The fraction of sp³-hybridized carbons (Fsp3) is 0.385. The van der Waals surface area contributed by atoms with Gasteiger partial charge in [-0.3, -0.25) is 0 Å². The molecule has 102 valence electrons. The second kappa shape index (κ2) is 5.05. The van der Waals surface area contributed by atoms with Crippen LogP contribution >= 0.6 is 0 Å². The lowest BCUT2D eigenvalue weighted by molar-refractivity contribution is -0.0324. The molecule has 0 fully saturated rings. The zero-order valence-corrected chi connectivity index (χ0v) is 10.7. The van der Waals surface area contributed by atoms with Crippen LogP contribution in [0.15, 0.2) is 30.9 Å². The molecule has 0 bridgehead atoms. The minimum absolute atomic E-state index is 0.0488. The molecule has 0 spiro atoms. The van der Waals surface area contributed by atoms with Gasteiger partial charge in [0, 0.05) is 11.6 Å². The monoisotopic (exact) mass is 267 g/mol. The predicted molar refractivity (Wildman–Crippen MR) is 65.1 cm³/mol. The van der Waals surface area contributed by atoms with E-state index in [2.05, 4.69) is 10.1 Å². The predicted octanol–water partition coefficient (Wildman–Crippen LogP) is 2.10. The second-order valence-electron chi connectivity index (χ2n) is 4.80. The van der Waals surface area contributed by atoms with Crippen molar-refractivity contribution in [1.29, 1.82) is 0 Å². The smallest absolute Gasteiger partial charge is 0.137 e. The third kappa shape index (κ3) is 2.63. The number of aromatic nitrogens is 3. The lowest BCUT2D eigenvalue weighted by Crippen LogP contribution is -2.38. The van der Waals surface area contributed by atoms with E-state index >= 15 is 0 Å². The molecule has 1 aromatic heterocycles. The molecule has 1 aromatic carbocycles. The third-order valence-electron chi connectivity index (χ3n) is 3.22. The Labute approximate surface area is 109 Å². The quantitative estimate of drug-likeness (QED) is 0.923. The summed E-state index contributed by atoms with van der Waals surface area (Å²) >= 11 is 0. The van der Waals surface area contributed by atoms with E-state index in [0.29, 0.717) is 0 Å². The van der Waals surface area contributed by atoms with Gasteiger partial charge in [-0.1, -0.05) is 19.9 Å². The normalized spacial score (nSPS) is 14.6. The molecule has 2 aromatic rings. The van der Waals surface area contributed by atoms with Crippen molar-refractivity contribution in [3.05, 3.63) is 48.1 Å². The van der Waals surface area contributed by atoms with Gasteiger partial charge >= 0.3 is 0 Å². The number of nitrogens with zero attached hydrogens (tertiary/aromatic N) is 3. The van der Waals surface area contributed by atoms with Gasteiger partial charge in [0.05, 0.1) is 6.54 Å². The molecular formula is C13H15F2N3O. The van der Waals surface area contributed by atoms with Gasteiger partial charge in [0.2, 0.25) is 0 Å². The summed E-state index contributed by atoms with van der Waals surface area (Å²) in [5, 5.41) is 14.7. The molecule has 4 nitrogen and oxygen atoms in total. The summed E-state index contributed by atoms with van der Waals surface area (Å²) in [5.41, 5.74) is -1.43. The van der Waals surface area contributed by atoms with Crippen LogP contribution < -0.4 is 0 Å². The molecular weight excluding hydrogens is 252 g/mol. The maximum Gasteiger partial charge on any atom is 0.137 e. The van der Waals surface area contributed by atoms with Crippen LogP contribution in [0.3, 0.4) is 0 Å². The number of benzene rings is 1. The van der Waals surface area contributed by atoms with Crippen molar-refractivity contribution in [3.63, 3.8) is 0 Å². The second-order valence-corrected chi connectivity index (χ2v) is 4.80. The number of hydrogen-bond acceptors (Lipinski definition) is 3. The van der Waals surface area contributed by atoms with Gasteiger partial charge in [-0.25, -0.2) is 18.4 Å². The standard InChI is InChI=1S/C13H15F2N3O/c1-9(2)13(19,6-18-8-16-7-17-18)11-4-3-10(14)5-12(11)15/h3-5,7-9,19H,6H2,1-2H3/t13-/m1/s1. The summed E-state index contributed by atoms with van der Waals surface area (Å²) in [5.74, 6) is -1.72. The molecule has 2 rings (SSSR count). The van der Waals surface area contributed by atoms with Crippen molar-refractivity contribution >= 4 is 0 Å². The van der Waals surface area contributed by atoms with Crippen LogP contribution in [-0.2, 0) is 12.1 Å². The van der Waals surface area contributed by atoms with E-state index in [9.17, 15) is 13.9 Å². The maximum atomic E-state index is 13.9. The third-order valence-corrected chi connectivity index (χ3v) is 3.22. The van der Waals surface area contributed by atoms with E-state index in [1.165, 1.54) is 23.4 Å². The van der Waals surface area contributed by atoms with E-state index < -0.39 is 17.2 Å². The summed E-state index contributed by atoms with van der Waals surface area (Å²) in [7, 11) is 0. The van der Waals surface area contributed by atoms with Crippen molar-refractivity contribution in [3.8, 4) is 0 Å².